The Balaban J connectivity index is 2.86. The number of halogens is 1. The second-order valence-electron chi connectivity index (χ2n) is 2.03. The Labute approximate surface area is 60.4 Å². The Morgan fingerprint density at radius 1 is 1.25 bits per heavy atom. The SMILES string of the molecule is CCCCI(C)CC. The monoisotopic (exact) mass is 228 g/mol. The van der Waals surface area contributed by atoms with E-state index in [1.165, 1.54) is 17.3 Å². The van der Waals surface area contributed by atoms with Gasteiger partial charge in [-0.2, -0.15) is 0 Å². The van der Waals surface area contributed by atoms with Crippen molar-refractivity contribution >= 4 is 19.8 Å². The molecule has 0 amide bonds. The van der Waals surface area contributed by atoms with E-state index in [0.29, 0.717) is 0 Å². The summed E-state index contributed by atoms with van der Waals surface area (Å²) in [6, 6.07) is 0. The summed E-state index contributed by atoms with van der Waals surface area (Å²) in [6.45, 7) is 4.61. The molecule has 0 rings (SSSR count). The molecule has 52 valence electrons. The van der Waals surface area contributed by atoms with E-state index >= 15 is 0 Å². The molecule has 0 spiro atoms. The van der Waals surface area contributed by atoms with Crippen molar-refractivity contribution in [1.29, 1.82) is 0 Å². The quantitative estimate of drug-likeness (QED) is 0.512. The first-order valence-electron chi connectivity index (χ1n) is 3.33. The normalized spacial score (nSPS) is 11.6. The van der Waals surface area contributed by atoms with Crippen molar-refractivity contribution in [2.45, 2.75) is 26.7 Å². The van der Waals surface area contributed by atoms with Gasteiger partial charge < -0.3 is 0 Å². The van der Waals surface area contributed by atoms with Crippen molar-refractivity contribution in [2.24, 2.45) is 0 Å². The summed E-state index contributed by atoms with van der Waals surface area (Å²) in [5, 5.41) is 0. The van der Waals surface area contributed by atoms with Crippen molar-refractivity contribution in [3.05, 3.63) is 0 Å². The molecular weight excluding hydrogens is 211 g/mol. The fourth-order valence-corrected chi connectivity index (χ4v) is 3.32. The van der Waals surface area contributed by atoms with Crippen molar-refractivity contribution < 1.29 is 0 Å². The fourth-order valence-electron chi connectivity index (χ4n) is 0.495. The standard InChI is InChI=1S/C7H17I/c1-4-6-7-8(3)5-2/h4-7H2,1-3H3. The molecule has 0 aromatic carbocycles. The maximum atomic E-state index is 2.49. The first-order valence-corrected chi connectivity index (χ1v) is 8.54. The van der Waals surface area contributed by atoms with Crippen molar-refractivity contribution in [1.82, 2.24) is 0 Å². The number of hydrogen-bond acceptors (Lipinski definition) is 0. The van der Waals surface area contributed by atoms with Crippen LogP contribution >= 0.6 is 19.8 Å². The van der Waals surface area contributed by atoms with Crippen LogP contribution in [0.1, 0.15) is 26.7 Å². The molecule has 0 saturated heterocycles. The molecule has 0 heterocycles. The van der Waals surface area contributed by atoms with E-state index in [1.54, 1.807) is 4.43 Å². The number of alkyl halides is 3. The Morgan fingerprint density at radius 3 is 2.25 bits per heavy atom. The molecule has 0 nitrogen and oxygen atoms in total. The maximum absolute atomic E-state index is 2.49. The predicted octanol–water partition coefficient (Wildman–Crippen LogP) is 2.94. The molecule has 8 heavy (non-hydrogen) atoms. The van der Waals surface area contributed by atoms with E-state index < -0.39 is 0 Å². The van der Waals surface area contributed by atoms with Crippen molar-refractivity contribution in [2.75, 3.05) is 13.8 Å². The van der Waals surface area contributed by atoms with Gasteiger partial charge in [-0.05, 0) is 0 Å². The summed E-state index contributed by atoms with van der Waals surface area (Å²) in [4.78, 5) is 2.49. The average Bonchev–Trinajstić information content (AvgIpc) is 1.83. The van der Waals surface area contributed by atoms with Crippen LogP contribution in [0.4, 0.5) is 0 Å². The van der Waals surface area contributed by atoms with E-state index in [0.717, 1.165) is 0 Å². The molecule has 0 atom stereocenters. The zero-order chi connectivity index (χ0) is 6.41. The number of hydrogen-bond donors (Lipinski definition) is 0. The first kappa shape index (κ1) is 8.73. The Hall–Kier alpha value is 0.730. The summed E-state index contributed by atoms with van der Waals surface area (Å²) < 4.78 is 3.08. The summed E-state index contributed by atoms with van der Waals surface area (Å²) >= 11 is -0.347. The summed E-state index contributed by atoms with van der Waals surface area (Å²) in [5.74, 6) is 0. The van der Waals surface area contributed by atoms with Crippen molar-refractivity contribution in [3.63, 3.8) is 0 Å². The van der Waals surface area contributed by atoms with Gasteiger partial charge in [-0.15, -0.1) is 0 Å². The summed E-state index contributed by atoms with van der Waals surface area (Å²) in [7, 11) is 0. The van der Waals surface area contributed by atoms with Crippen LogP contribution in [-0.4, -0.2) is 13.8 Å². The Bertz CT molecular complexity index is 43.7. The minimum absolute atomic E-state index is 0.347. The van der Waals surface area contributed by atoms with Crippen LogP contribution in [0.25, 0.3) is 0 Å². The van der Waals surface area contributed by atoms with Gasteiger partial charge >= 0.3 is 60.3 Å². The van der Waals surface area contributed by atoms with Gasteiger partial charge in [-0.3, -0.25) is 0 Å². The van der Waals surface area contributed by atoms with E-state index in [9.17, 15) is 0 Å². The molecule has 0 unspecified atom stereocenters. The molecule has 0 N–H and O–H groups in total. The van der Waals surface area contributed by atoms with E-state index in [4.69, 9.17) is 0 Å². The Morgan fingerprint density at radius 2 is 1.88 bits per heavy atom. The van der Waals surface area contributed by atoms with Crippen LogP contribution in [0, 0.1) is 0 Å². The van der Waals surface area contributed by atoms with Gasteiger partial charge in [0.1, 0.15) is 0 Å². The van der Waals surface area contributed by atoms with Crippen molar-refractivity contribution in [3.8, 4) is 0 Å². The van der Waals surface area contributed by atoms with Crippen LogP contribution in [0.3, 0.4) is 0 Å². The van der Waals surface area contributed by atoms with E-state index in [2.05, 4.69) is 18.8 Å². The molecule has 1 heteroatoms. The first-order chi connectivity index (χ1) is 3.81. The molecule has 0 saturated carbocycles. The topological polar surface area (TPSA) is 0 Å². The average molecular weight is 228 g/mol. The molecule has 0 radical (unpaired) electrons. The van der Waals surface area contributed by atoms with Gasteiger partial charge in [0.05, 0.1) is 0 Å². The summed E-state index contributed by atoms with van der Waals surface area (Å²) in [5.41, 5.74) is 0. The molecule has 0 aromatic heterocycles. The summed E-state index contributed by atoms with van der Waals surface area (Å²) in [6.07, 6.45) is 2.87. The predicted molar refractivity (Wildman–Crippen MR) is 50.3 cm³/mol. The fraction of sp³-hybridized carbons (Fsp3) is 1.00. The van der Waals surface area contributed by atoms with Gasteiger partial charge in [0, 0.05) is 0 Å². The molecule has 0 bridgehead atoms. The Kier molecular flexibility index (Phi) is 6.39. The van der Waals surface area contributed by atoms with Gasteiger partial charge in [0.2, 0.25) is 0 Å². The van der Waals surface area contributed by atoms with Gasteiger partial charge in [-0.1, -0.05) is 0 Å². The van der Waals surface area contributed by atoms with Gasteiger partial charge in [0.25, 0.3) is 0 Å². The van der Waals surface area contributed by atoms with Gasteiger partial charge in [-0.25, -0.2) is 0 Å². The third-order valence-corrected chi connectivity index (χ3v) is 6.47. The van der Waals surface area contributed by atoms with E-state index in [-0.39, 0.29) is 19.8 Å². The number of rotatable bonds is 4. The number of unbranched alkanes of at least 4 members (excludes halogenated alkanes) is 1. The third-order valence-electron chi connectivity index (χ3n) is 1.27. The third kappa shape index (κ3) is 4.88. The van der Waals surface area contributed by atoms with Gasteiger partial charge in [0.15, 0.2) is 0 Å². The van der Waals surface area contributed by atoms with E-state index in [1.807, 2.05) is 0 Å². The van der Waals surface area contributed by atoms with Crippen LogP contribution < -0.4 is 0 Å². The second kappa shape index (κ2) is 5.86. The van der Waals surface area contributed by atoms with Crippen LogP contribution in [0.2, 0.25) is 0 Å². The molecule has 0 aromatic rings. The van der Waals surface area contributed by atoms with Crippen LogP contribution in [0.15, 0.2) is 0 Å². The molecular formula is C7H17I. The molecule has 0 fully saturated rings. The zero-order valence-electron chi connectivity index (χ0n) is 6.21. The van der Waals surface area contributed by atoms with Crippen LogP contribution in [0.5, 0.6) is 0 Å². The molecule has 0 aliphatic heterocycles. The second-order valence-corrected chi connectivity index (χ2v) is 8.77. The van der Waals surface area contributed by atoms with Crippen LogP contribution in [-0.2, 0) is 0 Å². The molecule has 0 aliphatic carbocycles. The molecule has 0 aliphatic rings. The minimum atomic E-state index is -0.347. The zero-order valence-corrected chi connectivity index (χ0v) is 8.36.